The second-order valence-electron chi connectivity index (χ2n) is 4.94. The van der Waals surface area contributed by atoms with Crippen LogP contribution in [0.15, 0.2) is 24.3 Å². The van der Waals surface area contributed by atoms with Crippen molar-refractivity contribution in [1.29, 1.82) is 0 Å². The molecule has 0 bridgehead atoms. The fourth-order valence-corrected chi connectivity index (χ4v) is 2.10. The van der Waals surface area contributed by atoms with Crippen LogP contribution in [-0.2, 0) is 4.79 Å². The van der Waals surface area contributed by atoms with Crippen molar-refractivity contribution >= 4 is 17.6 Å². The number of aliphatic hydroxyl groups is 1. The van der Waals surface area contributed by atoms with E-state index in [0.717, 1.165) is 12.0 Å². The molecule has 1 saturated heterocycles. The molecule has 0 radical (unpaired) electrons. The zero-order valence-electron chi connectivity index (χ0n) is 11.3. The molecule has 0 saturated carbocycles. The number of hydrogen-bond donors (Lipinski definition) is 4. The van der Waals surface area contributed by atoms with Crippen LogP contribution in [0.3, 0.4) is 0 Å². The molecule has 4 N–H and O–H groups in total. The second kappa shape index (κ2) is 6.38. The lowest BCUT2D eigenvalue weighted by Gasteiger charge is -2.13. The molecule has 6 nitrogen and oxygen atoms in total. The Bertz CT molecular complexity index is 502. The van der Waals surface area contributed by atoms with Crippen LogP contribution in [0.1, 0.15) is 31.4 Å². The summed E-state index contributed by atoms with van der Waals surface area (Å²) in [6.07, 6.45) is 0.689. The molecule has 1 heterocycles. The zero-order valence-corrected chi connectivity index (χ0v) is 11.3. The number of amides is 3. The quantitative estimate of drug-likeness (QED) is 0.665. The molecule has 0 aliphatic carbocycles. The molecule has 0 aromatic heterocycles. The predicted octanol–water partition coefficient (Wildman–Crippen LogP) is 1.14. The van der Waals surface area contributed by atoms with E-state index in [2.05, 4.69) is 16.0 Å². The van der Waals surface area contributed by atoms with Gasteiger partial charge in [0.05, 0.1) is 6.10 Å². The number of urea groups is 1. The Labute approximate surface area is 117 Å². The summed E-state index contributed by atoms with van der Waals surface area (Å²) >= 11 is 0. The van der Waals surface area contributed by atoms with Crippen molar-refractivity contribution in [3.8, 4) is 0 Å². The van der Waals surface area contributed by atoms with E-state index in [9.17, 15) is 14.7 Å². The number of benzene rings is 1. The Morgan fingerprint density at radius 2 is 2.35 bits per heavy atom. The predicted molar refractivity (Wildman–Crippen MR) is 75.3 cm³/mol. The third kappa shape index (κ3) is 3.96. The second-order valence-corrected chi connectivity index (χ2v) is 4.94. The maximum absolute atomic E-state index is 11.7. The largest absolute Gasteiger partial charge is 0.389 e. The van der Waals surface area contributed by atoms with Crippen LogP contribution in [-0.4, -0.2) is 29.6 Å². The number of carbonyl (C=O) groups is 2. The Morgan fingerprint density at radius 1 is 1.55 bits per heavy atom. The summed E-state index contributed by atoms with van der Waals surface area (Å²) < 4.78 is 0. The van der Waals surface area contributed by atoms with E-state index in [-0.39, 0.29) is 18.0 Å². The molecule has 0 spiro atoms. The van der Waals surface area contributed by atoms with Crippen LogP contribution in [0.5, 0.6) is 0 Å². The Morgan fingerprint density at radius 3 is 3.00 bits per heavy atom. The molecule has 1 fully saturated rings. The van der Waals surface area contributed by atoms with Gasteiger partial charge in [-0.2, -0.15) is 0 Å². The van der Waals surface area contributed by atoms with Crippen molar-refractivity contribution in [3.05, 3.63) is 29.8 Å². The van der Waals surface area contributed by atoms with E-state index in [1.807, 2.05) is 0 Å². The van der Waals surface area contributed by atoms with Gasteiger partial charge >= 0.3 is 6.03 Å². The van der Waals surface area contributed by atoms with Crippen LogP contribution in [0.25, 0.3) is 0 Å². The minimum Gasteiger partial charge on any atom is -0.389 e. The van der Waals surface area contributed by atoms with Crippen LogP contribution < -0.4 is 16.0 Å². The number of nitrogens with one attached hydrogen (secondary N) is 3. The topological polar surface area (TPSA) is 90.5 Å². The average Bonchev–Trinajstić information content (AvgIpc) is 2.82. The first-order valence-electron chi connectivity index (χ1n) is 6.67. The lowest BCUT2D eigenvalue weighted by molar-refractivity contribution is -0.119. The molecular weight excluding hydrogens is 258 g/mol. The number of rotatable bonds is 4. The molecule has 1 aromatic rings. The zero-order chi connectivity index (χ0) is 14.5. The summed E-state index contributed by atoms with van der Waals surface area (Å²) in [5.74, 6) is 0.0295. The molecule has 3 amide bonds. The molecule has 2 unspecified atom stereocenters. The monoisotopic (exact) mass is 277 g/mol. The fourth-order valence-electron chi connectivity index (χ4n) is 2.10. The van der Waals surface area contributed by atoms with Crippen LogP contribution in [0, 0.1) is 0 Å². The SMILES string of the molecule is CC(O)c1cccc(NC(=O)NCC2CCC(=O)N2)c1. The number of hydrogen-bond acceptors (Lipinski definition) is 3. The Balaban J connectivity index is 1.82. The van der Waals surface area contributed by atoms with E-state index in [1.54, 1.807) is 31.2 Å². The minimum absolute atomic E-state index is 0.0112. The average molecular weight is 277 g/mol. The molecule has 6 heteroatoms. The number of aliphatic hydroxyl groups excluding tert-OH is 1. The first-order valence-corrected chi connectivity index (χ1v) is 6.67. The maximum Gasteiger partial charge on any atom is 0.319 e. The Kier molecular flexibility index (Phi) is 4.57. The van der Waals surface area contributed by atoms with E-state index in [4.69, 9.17) is 0 Å². The van der Waals surface area contributed by atoms with Gasteiger partial charge in [-0.3, -0.25) is 4.79 Å². The highest BCUT2D eigenvalue weighted by Gasteiger charge is 2.20. The van der Waals surface area contributed by atoms with E-state index < -0.39 is 6.10 Å². The van der Waals surface area contributed by atoms with Gasteiger partial charge in [0.1, 0.15) is 0 Å². The number of carbonyl (C=O) groups excluding carboxylic acids is 2. The molecule has 2 atom stereocenters. The maximum atomic E-state index is 11.7. The molecule has 1 aromatic carbocycles. The van der Waals surface area contributed by atoms with Gasteiger partial charge in [-0.15, -0.1) is 0 Å². The fraction of sp³-hybridized carbons (Fsp3) is 0.429. The summed E-state index contributed by atoms with van der Waals surface area (Å²) in [6.45, 7) is 2.08. The molecular formula is C14H19N3O3. The Hall–Kier alpha value is -2.08. The van der Waals surface area contributed by atoms with Gasteiger partial charge in [-0.1, -0.05) is 12.1 Å². The first-order chi connectivity index (χ1) is 9.54. The van der Waals surface area contributed by atoms with E-state index in [0.29, 0.717) is 18.7 Å². The smallest absolute Gasteiger partial charge is 0.319 e. The van der Waals surface area contributed by atoms with Gasteiger partial charge in [-0.25, -0.2) is 4.79 Å². The summed E-state index contributed by atoms with van der Waals surface area (Å²) in [5, 5.41) is 17.7. The van der Waals surface area contributed by atoms with E-state index in [1.165, 1.54) is 0 Å². The summed E-state index contributed by atoms with van der Waals surface area (Å²) in [7, 11) is 0. The van der Waals surface area contributed by atoms with Crippen molar-refractivity contribution in [1.82, 2.24) is 10.6 Å². The molecule has 108 valence electrons. The summed E-state index contributed by atoms with van der Waals surface area (Å²) in [5.41, 5.74) is 1.36. The standard InChI is InChI=1S/C14H19N3O3/c1-9(18)10-3-2-4-11(7-10)17-14(20)15-8-12-5-6-13(19)16-12/h2-4,7,9,12,18H,5-6,8H2,1H3,(H,16,19)(H2,15,17,20). The molecule has 20 heavy (non-hydrogen) atoms. The highest BCUT2D eigenvalue weighted by atomic mass is 16.3. The molecule has 1 aliphatic rings. The van der Waals surface area contributed by atoms with Gasteiger partial charge in [-0.05, 0) is 31.0 Å². The van der Waals surface area contributed by atoms with Gasteiger partial charge in [0.25, 0.3) is 0 Å². The lowest BCUT2D eigenvalue weighted by atomic mass is 10.1. The highest BCUT2D eigenvalue weighted by molar-refractivity contribution is 5.89. The summed E-state index contributed by atoms with van der Waals surface area (Å²) in [4.78, 5) is 22.8. The van der Waals surface area contributed by atoms with Crippen molar-refractivity contribution in [3.63, 3.8) is 0 Å². The first kappa shape index (κ1) is 14.3. The lowest BCUT2D eigenvalue weighted by Crippen LogP contribution is -2.40. The minimum atomic E-state index is -0.575. The van der Waals surface area contributed by atoms with Crippen molar-refractivity contribution in [2.24, 2.45) is 0 Å². The van der Waals surface area contributed by atoms with Gasteiger partial charge in [0.2, 0.25) is 5.91 Å². The van der Waals surface area contributed by atoms with Gasteiger partial charge in [0, 0.05) is 24.7 Å². The van der Waals surface area contributed by atoms with Crippen LogP contribution in [0.2, 0.25) is 0 Å². The summed E-state index contributed by atoms with van der Waals surface area (Å²) in [6, 6.07) is 6.73. The highest BCUT2D eigenvalue weighted by Crippen LogP contribution is 2.16. The van der Waals surface area contributed by atoms with Crippen molar-refractivity contribution in [2.45, 2.75) is 31.9 Å². The van der Waals surface area contributed by atoms with Gasteiger partial charge < -0.3 is 21.1 Å². The van der Waals surface area contributed by atoms with Crippen molar-refractivity contribution in [2.75, 3.05) is 11.9 Å². The normalized spacial score (nSPS) is 19.3. The van der Waals surface area contributed by atoms with Crippen LogP contribution in [0.4, 0.5) is 10.5 Å². The molecule has 2 rings (SSSR count). The number of anilines is 1. The van der Waals surface area contributed by atoms with Gasteiger partial charge in [0.15, 0.2) is 0 Å². The van der Waals surface area contributed by atoms with E-state index >= 15 is 0 Å². The third-order valence-corrected chi connectivity index (χ3v) is 3.22. The van der Waals surface area contributed by atoms with Crippen LogP contribution >= 0.6 is 0 Å². The third-order valence-electron chi connectivity index (χ3n) is 3.22. The molecule has 1 aliphatic heterocycles. The van der Waals surface area contributed by atoms with Crippen molar-refractivity contribution < 1.29 is 14.7 Å².